The highest BCUT2D eigenvalue weighted by Gasteiger charge is 2.39. The fraction of sp³-hybridized carbons (Fsp3) is 0.542. The van der Waals surface area contributed by atoms with Gasteiger partial charge in [0, 0.05) is 67.2 Å². The van der Waals surface area contributed by atoms with Crippen molar-refractivity contribution in [3.05, 3.63) is 51.9 Å². The summed E-state index contributed by atoms with van der Waals surface area (Å²) in [6, 6.07) is 7.14. The molecule has 1 aliphatic carbocycles. The molecule has 2 aromatic rings. The third kappa shape index (κ3) is 4.73. The first-order valence-electron chi connectivity index (χ1n) is 11.8. The summed E-state index contributed by atoms with van der Waals surface area (Å²) in [6.07, 6.45) is -0.555. The lowest BCUT2D eigenvalue weighted by Crippen LogP contribution is -2.52. The molecule has 2 fully saturated rings. The maximum atomic E-state index is 13.4. The SMILES string of the molecule is O=C(c1ccc(Cl)cc1)N1CCN([C@H]2CCN(c3nc(C(F)(F)F)nc4c3CCCC4)C2)CC1. The van der Waals surface area contributed by atoms with Gasteiger partial charge in [-0.25, -0.2) is 9.97 Å². The molecule has 1 amide bonds. The van der Waals surface area contributed by atoms with Gasteiger partial charge in [-0.1, -0.05) is 11.6 Å². The molecule has 1 aromatic carbocycles. The normalized spacial score (nSPS) is 21.6. The molecule has 1 aromatic heterocycles. The lowest BCUT2D eigenvalue weighted by atomic mass is 9.96. The van der Waals surface area contributed by atoms with Crippen LogP contribution >= 0.6 is 11.6 Å². The number of halogens is 4. The largest absolute Gasteiger partial charge is 0.451 e. The number of aromatic nitrogens is 2. The number of carbonyl (C=O) groups is 1. The topological polar surface area (TPSA) is 52.6 Å². The summed E-state index contributed by atoms with van der Waals surface area (Å²) in [5.74, 6) is -0.561. The van der Waals surface area contributed by atoms with Crippen molar-refractivity contribution in [3.63, 3.8) is 0 Å². The molecule has 5 rings (SSSR count). The van der Waals surface area contributed by atoms with Crippen LogP contribution in [0.4, 0.5) is 19.0 Å². The fourth-order valence-electron chi connectivity index (χ4n) is 5.26. The molecule has 6 nitrogen and oxygen atoms in total. The number of rotatable bonds is 3. The average molecular weight is 494 g/mol. The van der Waals surface area contributed by atoms with Gasteiger partial charge in [0.2, 0.25) is 5.82 Å². The van der Waals surface area contributed by atoms with E-state index in [0.717, 1.165) is 44.3 Å². The number of alkyl halides is 3. The number of amides is 1. The molecule has 0 N–H and O–H groups in total. The number of hydrogen-bond donors (Lipinski definition) is 0. The molecule has 3 aliphatic rings. The van der Waals surface area contributed by atoms with E-state index >= 15 is 0 Å². The van der Waals surface area contributed by atoms with Crippen molar-refractivity contribution in [3.8, 4) is 0 Å². The summed E-state index contributed by atoms with van der Waals surface area (Å²) in [4.78, 5) is 26.9. The van der Waals surface area contributed by atoms with E-state index < -0.39 is 12.0 Å². The first-order chi connectivity index (χ1) is 16.3. The van der Waals surface area contributed by atoms with Crippen molar-refractivity contribution in [2.45, 2.75) is 44.3 Å². The van der Waals surface area contributed by atoms with Crippen LogP contribution < -0.4 is 4.90 Å². The van der Waals surface area contributed by atoms with Gasteiger partial charge in [0.15, 0.2) is 0 Å². The quantitative estimate of drug-likeness (QED) is 0.645. The minimum absolute atomic E-state index is 0.00309. The third-order valence-electron chi connectivity index (χ3n) is 7.09. The van der Waals surface area contributed by atoms with Crippen molar-refractivity contribution >= 4 is 23.3 Å². The second-order valence-electron chi connectivity index (χ2n) is 9.22. The zero-order valence-electron chi connectivity index (χ0n) is 18.8. The Hall–Kier alpha value is -2.39. The molecule has 0 bridgehead atoms. The molecule has 1 atom stereocenters. The Kier molecular flexibility index (Phi) is 6.41. The van der Waals surface area contributed by atoms with E-state index in [0.29, 0.717) is 54.7 Å². The Bertz CT molecular complexity index is 1050. The van der Waals surface area contributed by atoms with Crippen LogP contribution in [0.5, 0.6) is 0 Å². The second-order valence-corrected chi connectivity index (χ2v) is 9.66. The molecule has 182 valence electrons. The van der Waals surface area contributed by atoms with Gasteiger partial charge in [-0.2, -0.15) is 13.2 Å². The maximum Gasteiger partial charge on any atom is 0.451 e. The maximum absolute atomic E-state index is 13.4. The van der Waals surface area contributed by atoms with Crippen molar-refractivity contribution in [2.24, 2.45) is 0 Å². The van der Waals surface area contributed by atoms with Gasteiger partial charge in [-0.15, -0.1) is 0 Å². The average Bonchev–Trinajstić information content (AvgIpc) is 3.33. The second kappa shape index (κ2) is 9.34. The molecule has 2 aliphatic heterocycles. The minimum atomic E-state index is -4.55. The highest BCUT2D eigenvalue weighted by Crippen LogP contribution is 2.35. The van der Waals surface area contributed by atoms with Gasteiger partial charge in [0.25, 0.3) is 5.91 Å². The molecular formula is C24H27ClF3N5O. The molecule has 0 radical (unpaired) electrons. The van der Waals surface area contributed by atoms with E-state index in [1.165, 1.54) is 0 Å². The lowest BCUT2D eigenvalue weighted by molar-refractivity contribution is -0.145. The van der Waals surface area contributed by atoms with Gasteiger partial charge < -0.3 is 9.80 Å². The van der Waals surface area contributed by atoms with Crippen molar-refractivity contribution < 1.29 is 18.0 Å². The number of carbonyl (C=O) groups excluding carboxylic acids is 1. The number of benzene rings is 1. The molecule has 0 saturated carbocycles. The predicted molar refractivity (Wildman–Crippen MR) is 123 cm³/mol. The highest BCUT2D eigenvalue weighted by molar-refractivity contribution is 6.30. The van der Waals surface area contributed by atoms with E-state index in [1.54, 1.807) is 24.3 Å². The van der Waals surface area contributed by atoms with Gasteiger partial charge >= 0.3 is 6.18 Å². The number of hydrogen-bond acceptors (Lipinski definition) is 5. The summed E-state index contributed by atoms with van der Waals surface area (Å²) >= 11 is 5.92. The molecule has 3 heterocycles. The lowest BCUT2D eigenvalue weighted by Gasteiger charge is -2.38. The highest BCUT2D eigenvalue weighted by atomic mass is 35.5. The molecule has 10 heteroatoms. The molecule has 0 spiro atoms. The van der Waals surface area contributed by atoms with Crippen LogP contribution in [0, 0.1) is 0 Å². The molecule has 34 heavy (non-hydrogen) atoms. The number of piperazine rings is 1. The first-order valence-corrected chi connectivity index (χ1v) is 12.2. The van der Waals surface area contributed by atoms with Gasteiger partial charge in [-0.3, -0.25) is 9.69 Å². The standard InChI is InChI=1S/C24H27ClF3N5O/c25-17-7-5-16(6-8-17)22(34)32-13-11-31(12-14-32)18-9-10-33(15-18)21-19-3-1-2-4-20(19)29-23(30-21)24(26,27)28/h5-8,18H,1-4,9-15H2/t18-/m0/s1. The van der Waals surface area contributed by atoms with Gasteiger partial charge in [0.1, 0.15) is 5.82 Å². The molecular weight excluding hydrogens is 467 g/mol. The number of nitrogens with zero attached hydrogens (tertiary/aromatic N) is 5. The number of anilines is 1. The fourth-order valence-corrected chi connectivity index (χ4v) is 5.39. The van der Waals surface area contributed by atoms with Crippen LogP contribution in [-0.4, -0.2) is 71.0 Å². The van der Waals surface area contributed by atoms with Crippen LogP contribution in [0.3, 0.4) is 0 Å². The van der Waals surface area contributed by atoms with E-state index in [2.05, 4.69) is 14.9 Å². The smallest absolute Gasteiger partial charge is 0.355 e. The van der Waals surface area contributed by atoms with Gasteiger partial charge in [-0.05, 0) is 56.4 Å². The van der Waals surface area contributed by atoms with E-state index in [4.69, 9.17) is 11.6 Å². The Morgan fingerprint density at radius 2 is 1.68 bits per heavy atom. The summed E-state index contributed by atoms with van der Waals surface area (Å²) in [7, 11) is 0. The number of fused-ring (bicyclic) bond motifs is 1. The zero-order valence-corrected chi connectivity index (χ0v) is 19.6. The summed E-state index contributed by atoms with van der Waals surface area (Å²) in [5, 5.41) is 0.597. The van der Waals surface area contributed by atoms with Crippen LogP contribution in [0.1, 0.15) is 46.7 Å². The summed E-state index contributed by atoms with van der Waals surface area (Å²) < 4.78 is 40.3. The van der Waals surface area contributed by atoms with E-state index in [-0.39, 0.29) is 11.9 Å². The predicted octanol–water partition coefficient (Wildman–Crippen LogP) is 4.06. The van der Waals surface area contributed by atoms with Crippen LogP contribution in [0.25, 0.3) is 0 Å². The van der Waals surface area contributed by atoms with Crippen LogP contribution in [-0.2, 0) is 19.0 Å². The molecule has 0 unspecified atom stereocenters. The van der Waals surface area contributed by atoms with Crippen molar-refractivity contribution in [1.29, 1.82) is 0 Å². The first kappa shape index (κ1) is 23.4. The van der Waals surface area contributed by atoms with Crippen molar-refractivity contribution in [2.75, 3.05) is 44.2 Å². The Morgan fingerprint density at radius 1 is 0.971 bits per heavy atom. The third-order valence-corrected chi connectivity index (χ3v) is 7.34. The van der Waals surface area contributed by atoms with Crippen LogP contribution in [0.2, 0.25) is 5.02 Å². The van der Waals surface area contributed by atoms with E-state index in [1.807, 2.05) is 9.80 Å². The zero-order chi connectivity index (χ0) is 23.9. The number of aryl methyl sites for hydroxylation is 1. The van der Waals surface area contributed by atoms with Gasteiger partial charge in [0.05, 0.1) is 0 Å². The molecule has 2 saturated heterocycles. The van der Waals surface area contributed by atoms with E-state index in [9.17, 15) is 18.0 Å². The van der Waals surface area contributed by atoms with Crippen LogP contribution in [0.15, 0.2) is 24.3 Å². The summed E-state index contributed by atoms with van der Waals surface area (Å²) in [6.45, 7) is 4.06. The monoisotopic (exact) mass is 493 g/mol. The Morgan fingerprint density at radius 3 is 2.38 bits per heavy atom. The van der Waals surface area contributed by atoms with Crippen molar-refractivity contribution in [1.82, 2.24) is 19.8 Å². The minimum Gasteiger partial charge on any atom is -0.355 e. The Balaban J connectivity index is 1.25. The summed E-state index contributed by atoms with van der Waals surface area (Å²) in [5.41, 5.74) is 2.07. The Labute approximate surface area is 201 Å².